The fourth-order valence-corrected chi connectivity index (χ4v) is 3.46. The molecule has 0 radical (unpaired) electrons. The predicted octanol–water partition coefficient (Wildman–Crippen LogP) is 1.76. The first-order chi connectivity index (χ1) is 8.44. The Balaban J connectivity index is 2.33. The van der Waals surface area contributed by atoms with Crippen molar-refractivity contribution in [3.63, 3.8) is 0 Å². The second-order valence-corrected chi connectivity index (χ2v) is 6.65. The summed E-state index contributed by atoms with van der Waals surface area (Å²) < 4.78 is 26.5. The largest absolute Gasteiger partial charge is 0.280 e. The summed E-state index contributed by atoms with van der Waals surface area (Å²) in [5.74, 6) is 0.277. The summed E-state index contributed by atoms with van der Waals surface area (Å²) in [6, 6.07) is 4.78. The molecule has 2 aromatic heterocycles. The number of H-pyrrole nitrogens is 1. The molecule has 94 valence electrons. The van der Waals surface area contributed by atoms with Gasteiger partial charge in [-0.05, 0) is 26.0 Å². The van der Waals surface area contributed by atoms with Crippen LogP contribution in [0.25, 0.3) is 0 Å². The minimum Gasteiger partial charge on any atom is -0.280 e. The number of hydrogen-bond acceptors (Lipinski definition) is 5. The van der Waals surface area contributed by atoms with Crippen LogP contribution in [0.15, 0.2) is 16.3 Å². The number of nitrogens with one attached hydrogen (secondary N) is 2. The van der Waals surface area contributed by atoms with Crippen molar-refractivity contribution in [1.29, 1.82) is 5.26 Å². The zero-order valence-corrected chi connectivity index (χ0v) is 11.3. The van der Waals surface area contributed by atoms with E-state index >= 15 is 0 Å². The number of sulfonamides is 1. The maximum Gasteiger partial charge on any atom is 0.272 e. The molecule has 0 fully saturated rings. The lowest BCUT2D eigenvalue weighted by Crippen LogP contribution is -2.12. The van der Waals surface area contributed by atoms with Crippen molar-refractivity contribution in [2.24, 2.45) is 0 Å². The number of nitriles is 1. The van der Waals surface area contributed by atoms with Crippen molar-refractivity contribution in [3.05, 3.63) is 28.3 Å². The van der Waals surface area contributed by atoms with Gasteiger partial charge in [0.25, 0.3) is 10.0 Å². The monoisotopic (exact) mass is 282 g/mol. The number of hydrogen-bond donors (Lipinski definition) is 2. The SMILES string of the molecule is Cc1[nH]nc(NS(=O)(=O)c2ccc(C#N)s2)c1C. The van der Waals surface area contributed by atoms with Crippen molar-refractivity contribution in [2.75, 3.05) is 4.72 Å². The van der Waals surface area contributed by atoms with Gasteiger partial charge in [0.15, 0.2) is 5.82 Å². The van der Waals surface area contributed by atoms with Gasteiger partial charge in [-0.3, -0.25) is 9.82 Å². The van der Waals surface area contributed by atoms with E-state index in [1.54, 1.807) is 13.8 Å². The highest BCUT2D eigenvalue weighted by Gasteiger charge is 2.19. The molecule has 2 rings (SSSR count). The molecule has 0 unspecified atom stereocenters. The minimum absolute atomic E-state index is 0.0964. The average molecular weight is 282 g/mol. The zero-order valence-electron chi connectivity index (χ0n) is 9.68. The lowest BCUT2D eigenvalue weighted by Gasteiger charge is -2.03. The van der Waals surface area contributed by atoms with Crippen LogP contribution in [0, 0.1) is 25.2 Å². The molecule has 0 aliphatic carbocycles. The molecular weight excluding hydrogens is 272 g/mol. The summed E-state index contributed by atoms with van der Waals surface area (Å²) in [7, 11) is -3.68. The van der Waals surface area contributed by atoms with Gasteiger partial charge in [0.1, 0.15) is 15.2 Å². The highest BCUT2D eigenvalue weighted by atomic mass is 32.2. The van der Waals surface area contributed by atoms with E-state index in [0.717, 1.165) is 22.6 Å². The number of aromatic amines is 1. The van der Waals surface area contributed by atoms with Crippen LogP contribution in [0.3, 0.4) is 0 Å². The van der Waals surface area contributed by atoms with Gasteiger partial charge in [0, 0.05) is 11.3 Å². The molecule has 0 bridgehead atoms. The quantitative estimate of drug-likeness (QED) is 0.896. The number of thiophene rings is 1. The first-order valence-corrected chi connectivity index (χ1v) is 7.28. The molecule has 6 nitrogen and oxygen atoms in total. The van der Waals surface area contributed by atoms with Crippen molar-refractivity contribution in [2.45, 2.75) is 18.1 Å². The Kier molecular flexibility index (Phi) is 3.11. The topological polar surface area (TPSA) is 98.6 Å². The molecule has 2 heterocycles. The van der Waals surface area contributed by atoms with Crippen LogP contribution in [-0.2, 0) is 10.0 Å². The van der Waals surface area contributed by atoms with Gasteiger partial charge in [-0.1, -0.05) is 0 Å². The summed E-state index contributed by atoms with van der Waals surface area (Å²) in [5.41, 5.74) is 1.55. The Morgan fingerprint density at radius 1 is 1.44 bits per heavy atom. The second kappa shape index (κ2) is 4.44. The molecular formula is C10H10N4O2S2. The summed E-state index contributed by atoms with van der Waals surface area (Å²) >= 11 is 0.922. The van der Waals surface area contributed by atoms with Gasteiger partial charge in [0.2, 0.25) is 0 Å². The van der Waals surface area contributed by atoms with Crippen LogP contribution in [-0.4, -0.2) is 18.6 Å². The van der Waals surface area contributed by atoms with Crippen molar-refractivity contribution in [1.82, 2.24) is 10.2 Å². The van der Waals surface area contributed by atoms with E-state index in [4.69, 9.17) is 5.26 Å². The van der Waals surface area contributed by atoms with Gasteiger partial charge in [-0.2, -0.15) is 10.4 Å². The van der Waals surface area contributed by atoms with Crippen LogP contribution in [0.2, 0.25) is 0 Å². The van der Waals surface area contributed by atoms with Gasteiger partial charge in [0.05, 0.1) is 0 Å². The van der Waals surface area contributed by atoms with Crippen LogP contribution in [0.4, 0.5) is 5.82 Å². The molecule has 8 heteroatoms. The van der Waals surface area contributed by atoms with Gasteiger partial charge < -0.3 is 0 Å². The second-order valence-electron chi connectivity index (χ2n) is 3.66. The lowest BCUT2D eigenvalue weighted by molar-refractivity contribution is 0.603. The van der Waals surface area contributed by atoms with Crippen molar-refractivity contribution in [3.8, 4) is 6.07 Å². The van der Waals surface area contributed by atoms with Crippen molar-refractivity contribution < 1.29 is 8.42 Å². The Bertz CT molecular complexity index is 721. The third-order valence-corrected chi connectivity index (χ3v) is 5.26. The first-order valence-electron chi connectivity index (χ1n) is 4.98. The summed E-state index contributed by atoms with van der Waals surface area (Å²) in [5, 5.41) is 15.3. The Hall–Kier alpha value is -1.85. The first kappa shape index (κ1) is 12.6. The van der Waals surface area contributed by atoms with Crippen LogP contribution in [0.1, 0.15) is 16.1 Å². The molecule has 0 aliphatic rings. The van der Waals surface area contributed by atoms with E-state index in [1.165, 1.54) is 12.1 Å². The van der Waals surface area contributed by atoms with E-state index in [2.05, 4.69) is 14.9 Å². The number of rotatable bonds is 3. The molecule has 0 saturated carbocycles. The standard InChI is InChI=1S/C10H10N4O2S2/c1-6-7(2)12-13-10(6)14-18(15,16)9-4-3-8(5-11)17-9/h3-4H,1-2H3,(H2,12,13,14). The number of aryl methyl sites for hydroxylation is 1. The number of nitrogens with zero attached hydrogens (tertiary/aromatic N) is 2. The van der Waals surface area contributed by atoms with Crippen LogP contribution < -0.4 is 4.72 Å². The molecule has 2 aromatic rings. The summed E-state index contributed by atoms with van der Waals surface area (Å²) in [6.45, 7) is 3.57. The normalized spacial score (nSPS) is 11.2. The smallest absolute Gasteiger partial charge is 0.272 e. The van der Waals surface area contributed by atoms with Crippen molar-refractivity contribution >= 4 is 27.2 Å². The Morgan fingerprint density at radius 2 is 2.17 bits per heavy atom. The summed E-state index contributed by atoms with van der Waals surface area (Å²) in [6.07, 6.45) is 0. The zero-order chi connectivity index (χ0) is 13.3. The van der Waals surface area contributed by atoms with Crippen LogP contribution in [0.5, 0.6) is 0 Å². The fourth-order valence-electron chi connectivity index (χ4n) is 1.29. The van der Waals surface area contributed by atoms with Gasteiger partial charge in [-0.15, -0.1) is 11.3 Å². The number of anilines is 1. The van der Waals surface area contributed by atoms with E-state index < -0.39 is 10.0 Å². The van der Waals surface area contributed by atoms with Gasteiger partial charge in [-0.25, -0.2) is 8.42 Å². The molecule has 0 atom stereocenters. The Morgan fingerprint density at radius 3 is 2.67 bits per heavy atom. The van der Waals surface area contributed by atoms with Gasteiger partial charge >= 0.3 is 0 Å². The minimum atomic E-state index is -3.68. The molecule has 2 N–H and O–H groups in total. The Labute approximate surface area is 108 Å². The third kappa shape index (κ3) is 2.23. The van der Waals surface area contributed by atoms with E-state index in [-0.39, 0.29) is 10.0 Å². The molecule has 0 saturated heterocycles. The third-order valence-electron chi connectivity index (χ3n) is 2.44. The fraction of sp³-hybridized carbons (Fsp3) is 0.200. The number of aromatic nitrogens is 2. The molecule has 18 heavy (non-hydrogen) atoms. The summed E-state index contributed by atoms with van der Waals surface area (Å²) in [4.78, 5) is 0.352. The average Bonchev–Trinajstić information content (AvgIpc) is 2.91. The maximum absolute atomic E-state index is 12.0. The molecule has 0 aliphatic heterocycles. The van der Waals surface area contributed by atoms with E-state index in [1.807, 2.05) is 6.07 Å². The molecule has 0 aromatic carbocycles. The highest BCUT2D eigenvalue weighted by molar-refractivity contribution is 7.94. The molecule has 0 spiro atoms. The molecule has 0 amide bonds. The predicted molar refractivity (Wildman–Crippen MR) is 67.9 cm³/mol. The lowest BCUT2D eigenvalue weighted by atomic mass is 10.3. The van der Waals surface area contributed by atoms with Crippen LogP contribution >= 0.6 is 11.3 Å². The highest BCUT2D eigenvalue weighted by Crippen LogP contribution is 2.24. The van der Waals surface area contributed by atoms with E-state index in [9.17, 15) is 8.42 Å². The maximum atomic E-state index is 12.0. The van der Waals surface area contributed by atoms with E-state index in [0.29, 0.717) is 4.88 Å².